The van der Waals surface area contributed by atoms with Crippen molar-refractivity contribution in [2.24, 2.45) is 11.7 Å². The molecule has 0 saturated carbocycles. The van der Waals surface area contributed by atoms with Crippen molar-refractivity contribution in [2.45, 2.75) is 26.2 Å². The van der Waals surface area contributed by atoms with Crippen molar-refractivity contribution in [1.82, 2.24) is 9.88 Å². The highest BCUT2D eigenvalue weighted by molar-refractivity contribution is 5.95. The number of allylic oxidation sites excluding steroid dienone is 1. The van der Waals surface area contributed by atoms with Gasteiger partial charge in [0.05, 0.1) is 0 Å². The number of primary amides is 1. The summed E-state index contributed by atoms with van der Waals surface area (Å²) in [5.74, 6) is 0.877. The molecule has 2 aromatic carbocycles. The molecule has 0 aliphatic carbocycles. The van der Waals surface area contributed by atoms with Gasteiger partial charge in [0.15, 0.2) is 0 Å². The molecule has 8 heteroatoms. The number of rotatable bonds is 8. The number of likely N-dealkylation sites (tertiary alicyclic amines) is 1. The van der Waals surface area contributed by atoms with E-state index in [4.69, 9.17) is 15.2 Å². The van der Waals surface area contributed by atoms with Crippen LogP contribution in [0.4, 0.5) is 4.39 Å². The van der Waals surface area contributed by atoms with Gasteiger partial charge in [-0.3, -0.25) is 9.59 Å². The minimum Gasteiger partial charge on any atom is -0.457 e. The molecule has 1 aliphatic rings. The monoisotopic (exact) mass is 489 g/mol. The molecule has 0 spiro atoms. The van der Waals surface area contributed by atoms with Crippen molar-refractivity contribution < 1.29 is 23.5 Å². The number of amides is 2. The molecule has 0 bridgehead atoms. The highest BCUT2D eigenvalue weighted by Crippen LogP contribution is 2.29. The zero-order chi connectivity index (χ0) is 25.5. The third-order valence-electron chi connectivity index (χ3n) is 6.00. The Hall–Kier alpha value is -4.20. The summed E-state index contributed by atoms with van der Waals surface area (Å²) in [4.78, 5) is 30.4. The SMILES string of the molecule is C/C=C/C(=O)N1CCC(Cc2cnc(Oc3ccc(Oc4cccc(F)c4)cc3)c(C(N)=O)c2)CC1. The first-order chi connectivity index (χ1) is 17.4. The van der Waals surface area contributed by atoms with E-state index < -0.39 is 5.91 Å². The summed E-state index contributed by atoms with van der Waals surface area (Å²) in [6.07, 6.45) is 7.55. The van der Waals surface area contributed by atoms with Crippen LogP contribution in [0.1, 0.15) is 35.7 Å². The van der Waals surface area contributed by atoms with Crippen LogP contribution in [0.2, 0.25) is 0 Å². The summed E-state index contributed by atoms with van der Waals surface area (Å²) in [5, 5.41) is 0. The first-order valence-electron chi connectivity index (χ1n) is 11.8. The van der Waals surface area contributed by atoms with Crippen molar-refractivity contribution in [3.63, 3.8) is 0 Å². The fraction of sp³-hybridized carbons (Fsp3) is 0.250. The van der Waals surface area contributed by atoms with Crippen molar-refractivity contribution in [3.05, 3.63) is 89.9 Å². The largest absolute Gasteiger partial charge is 0.457 e. The van der Waals surface area contributed by atoms with Gasteiger partial charge >= 0.3 is 0 Å². The molecule has 1 saturated heterocycles. The van der Waals surface area contributed by atoms with E-state index in [1.54, 1.807) is 60.8 Å². The molecule has 2 heterocycles. The van der Waals surface area contributed by atoms with Gasteiger partial charge in [-0.05, 0) is 86.2 Å². The Kier molecular flexibility index (Phi) is 7.95. The van der Waals surface area contributed by atoms with Gasteiger partial charge in [0, 0.05) is 25.4 Å². The highest BCUT2D eigenvalue weighted by Gasteiger charge is 2.23. The van der Waals surface area contributed by atoms with Crippen LogP contribution in [0.3, 0.4) is 0 Å². The lowest BCUT2D eigenvalue weighted by Crippen LogP contribution is -2.38. The van der Waals surface area contributed by atoms with Crippen LogP contribution in [0.5, 0.6) is 23.1 Å². The number of aromatic nitrogens is 1. The lowest BCUT2D eigenvalue weighted by molar-refractivity contribution is -0.127. The molecular weight excluding hydrogens is 461 g/mol. The van der Waals surface area contributed by atoms with E-state index in [1.165, 1.54) is 12.1 Å². The van der Waals surface area contributed by atoms with Crippen LogP contribution in [0.15, 0.2) is 72.9 Å². The lowest BCUT2D eigenvalue weighted by Gasteiger charge is -2.31. The maximum absolute atomic E-state index is 13.3. The Morgan fingerprint density at radius 2 is 1.75 bits per heavy atom. The van der Waals surface area contributed by atoms with Gasteiger partial charge < -0.3 is 20.1 Å². The van der Waals surface area contributed by atoms with Crippen LogP contribution in [0, 0.1) is 11.7 Å². The smallest absolute Gasteiger partial charge is 0.254 e. The molecule has 2 N–H and O–H groups in total. The van der Waals surface area contributed by atoms with Crippen molar-refractivity contribution in [3.8, 4) is 23.1 Å². The van der Waals surface area contributed by atoms with Gasteiger partial charge in [-0.15, -0.1) is 0 Å². The lowest BCUT2D eigenvalue weighted by atomic mass is 9.90. The van der Waals surface area contributed by atoms with Gasteiger partial charge in [-0.25, -0.2) is 9.37 Å². The van der Waals surface area contributed by atoms with Crippen LogP contribution >= 0.6 is 0 Å². The number of halogens is 1. The molecule has 186 valence electrons. The van der Waals surface area contributed by atoms with Crippen LogP contribution in [-0.4, -0.2) is 34.8 Å². The molecule has 3 aromatic rings. The van der Waals surface area contributed by atoms with E-state index in [2.05, 4.69) is 4.98 Å². The number of carbonyl (C=O) groups excluding carboxylic acids is 2. The van der Waals surface area contributed by atoms with E-state index in [-0.39, 0.29) is 23.2 Å². The number of pyridine rings is 1. The van der Waals surface area contributed by atoms with Gasteiger partial charge in [0.2, 0.25) is 11.8 Å². The first kappa shape index (κ1) is 24.9. The number of nitrogens with zero attached hydrogens (tertiary/aromatic N) is 2. The number of hydrogen-bond acceptors (Lipinski definition) is 5. The number of hydrogen-bond donors (Lipinski definition) is 1. The standard InChI is InChI=1S/C28H28FN3O4/c1-2-4-26(33)32-13-11-19(12-14-32)15-20-16-25(27(30)34)28(31-18-20)36-23-9-7-22(8-10-23)35-24-6-3-5-21(29)17-24/h2-10,16-19H,11-15H2,1H3,(H2,30,34)/b4-2+. The summed E-state index contributed by atoms with van der Waals surface area (Å²) < 4.78 is 24.8. The van der Waals surface area contributed by atoms with Crippen molar-refractivity contribution in [2.75, 3.05) is 13.1 Å². The Morgan fingerprint density at radius 3 is 2.39 bits per heavy atom. The summed E-state index contributed by atoms with van der Waals surface area (Å²) >= 11 is 0. The van der Waals surface area contributed by atoms with E-state index in [0.29, 0.717) is 36.3 Å². The maximum atomic E-state index is 13.3. The Bertz CT molecular complexity index is 1250. The average Bonchev–Trinajstić information content (AvgIpc) is 2.86. The second-order valence-electron chi connectivity index (χ2n) is 8.67. The number of benzene rings is 2. The third kappa shape index (κ3) is 6.47. The molecule has 1 fully saturated rings. The van der Waals surface area contributed by atoms with Gasteiger partial charge in [0.1, 0.15) is 28.6 Å². The first-order valence-corrected chi connectivity index (χ1v) is 11.8. The zero-order valence-corrected chi connectivity index (χ0v) is 20.0. The number of piperidine rings is 1. The molecule has 1 aromatic heterocycles. The topological polar surface area (TPSA) is 94.8 Å². The minimum atomic E-state index is -0.628. The van der Waals surface area contributed by atoms with Crippen LogP contribution in [0.25, 0.3) is 0 Å². The Morgan fingerprint density at radius 1 is 1.06 bits per heavy atom. The van der Waals surface area contributed by atoms with E-state index >= 15 is 0 Å². The molecule has 0 atom stereocenters. The zero-order valence-electron chi connectivity index (χ0n) is 20.0. The van der Waals surface area contributed by atoms with E-state index in [1.807, 2.05) is 11.8 Å². The van der Waals surface area contributed by atoms with Crippen LogP contribution in [-0.2, 0) is 11.2 Å². The molecule has 4 rings (SSSR count). The quantitative estimate of drug-likeness (QED) is 0.436. The number of nitrogens with two attached hydrogens (primary N) is 1. The maximum Gasteiger partial charge on any atom is 0.254 e. The van der Waals surface area contributed by atoms with Gasteiger partial charge in [0.25, 0.3) is 5.91 Å². The fourth-order valence-corrected chi connectivity index (χ4v) is 4.16. The van der Waals surface area contributed by atoms with E-state index in [9.17, 15) is 14.0 Å². The molecule has 0 unspecified atom stereocenters. The Balaban J connectivity index is 1.39. The Labute approximate surface area is 209 Å². The molecule has 0 radical (unpaired) electrons. The summed E-state index contributed by atoms with van der Waals surface area (Å²) in [5.41, 5.74) is 6.71. The minimum absolute atomic E-state index is 0.0451. The third-order valence-corrected chi connectivity index (χ3v) is 6.00. The second-order valence-corrected chi connectivity index (χ2v) is 8.67. The molecular formula is C28H28FN3O4. The average molecular weight is 490 g/mol. The summed E-state index contributed by atoms with van der Waals surface area (Å²) in [7, 11) is 0. The second kappa shape index (κ2) is 11.5. The fourth-order valence-electron chi connectivity index (χ4n) is 4.16. The van der Waals surface area contributed by atoms with Crippen molar-refractivity contribution >= 4 is 11.8 Å². The predicted molar refractivity (Wildman–Crippen MR) is 134 cm³/mol. The molecule has 2 amide bonds. The molecule has 1 aliphatic heterocycles. The van der Waals surface area contributed by atoms with E-state index in [0.717, 1.165) is 24.8 Å². The predicted octanol–water partition coefficient (Wildman–Crippen LogP) is 5.26. The highest BCUT2D eigenvalue weighted by atomic mass is 19.1. The number of ether oxygens (including phenoxy) is 2. The summed E-state index contributed by atoms with van der Waals surface area (Å²) in [6.45, 7) is 3.26. The van der Waals surface area contributed by atoms with Crippen LogP contribution < -0.4 is 15.2 Å². The molecule has 7 nitrogen and oxygen atoms in total. The molecule has 36 heavy (non-hydrogen) atoms. The van der Waals surface area contributed by atoms with Crippen molar-refractivity contribution in [1.29, 1.82) is 0 Å². The normalized spacial score (nSPS) is 14.1. The van der Waals surface area contributed by atoms with Gasteiger partial charge in [-0.1, -0.05) is 12.1 Å². The number of carbonyl (C=O) groups is 2. The van der Waals surface area contributed by atoms with Gasteiger partial charge in [-0.2, -0.15) is 0 Å². The summed E-state index contributed by atoms with van der Waals surface area (Å²) in [6, 6.07) is 14.3.